The summed E-state index contributed by atoms with van der Waals surface area (Å²) in [5, 5.41) is 45.7. The molecule has 4 rings (SSSR count). The van der Waals surface area contributed by atoms with Crippen molar-refractivity contribution in [2.75, 3.05) is 65.4 Å². The predicted octanol–water partition coefficient (Wildman–Crippen LogP) is 3.35. The zero-order chi connectivity index (χ0) is 65.8. The standard InChI is InChI=1S/C62H106N20O8/c1-39(2)54(37-73-59(87)77-46(19-13-16-26-64)33-69-57(85)79-48(28-43-30-67-52-23-10-8-21-50(43)52)35-71-56(84)76-45(18-12-15-25-63)32-66-42(7)83)81-61(89)72-36-49(29-44-31-68-53-24-11-9-22-51(44)53)80-58(86)70-34-47(20-14-17-27-65)78-60(88)74-38-55(40(3)4)82-62(90)75-41(5)6/h8-11,21-24,30-31,39-41,45-49,54-55,67-68H,12-20,25-29,32-38,63-65H2,1-7H3,(H,66,83)(H2,69,79,85)(H2,70,80,86)(H2,71,76,84)(H2,72,81,89)(H2,73,77,87)(H2,74,78,88)(H2,75,82,90)/t45-,46-,47-,48-,49-,54+,55+/m0/s1. The maximum Gasteiger partial charge on any atom is 0.315 e. The monoisotopic (exact) mass is 1260 g/mol. The van der Waals surface area contributed by atoms with Crippen LogP contribution in [0.3, 0.4) is 0 Å². The Morgan fingerprint density at radius 2 is 0.689 bits per heavy atom. The van der Waals surface area contributed by atoms with Crippen molar-refractivity contribution in [1.82, 2.24) is 89.7 Å². The summed E-state index contributed by atoms with van der Waals surface area (Å²) in [4.78, 5) is 112. The summed E-state index contributed by atoms with van der Waals surface area (Å²) in [5.74, 6) is -0.313. The molecule has 4 aromatic rings. The van der Waals surface area contributed by atoms with Gasteiger partial charge in [-0.2, -0.15) is 0 Å². The van der Waals surface area contributed by atoms with Gasteiger partial charge in [-0.25, -0.2) is 33.6 Å². The third-order valence-corrected chi connectivity index (χ3v) is 15.2. The van der Waals surface area contributed by atoms with Gasteiger partial charge in [0.15, 0.2) is 0 Å². The summed E-state index contributed by atoms with van der Waals surface area (Å²) in [6.45, 7) is 15.0. The number of para-hydroxylation sites is 2. The number of hydrogen-bond donors (Lipinski definition) is 20. The van der Waals surface area contributed by atoms with Gasteiger partial charge in [-0.1, -0.05) is 83.4 Å². The van der Waals surface area contributed by atoms with Crippen molar-refractivity contribution in [3.05, 3.63) is 72.1 Å². The Hall–Kier alpha value is -8.24. The molecule has 0 fully saturated rings. The van der Waals surface area contributed by atoms with E-state index in [4.69, 9.17) is 17.2 Å². The highest BCUT2D eigenvalue weighted by molar-refractivity contribution is 5.85. The summed E-state index contributed by atoms with van der Waals surface area (Å²) in [6, 6.07) is 8.88. The van der Waals surface area contributed by atoms with E-state index < -0.39 is 66.4 Å². The van der Waals surface area contributed by atoms with Crippen LogP contribution in [0.5, 0.6) is 0 Å². The molecular weight excluding hydrogens is 1150 g/mol. The maximum atomic E-state index is 13.7. The maximum absolute atomic E-state index is 13.7. The molecule has 502 valence electrons. The number of amides is 15. The van der Waals surface area contributed by atoms with E-state index in [-0.39, 0.29) is 87.7 Å². The second kappa shape index (κ2) is 41.1. The first-order chi connectivity index (χ1) is 43.2. The highest BCUT2D eigenvalue weighted by Crippen LogP contribution is 2.21. The van der Waals surface area contributed by atoms with Gasteiger partial charge in [-0.15, -0.1) is 0 Å². The SMILES string of the molecule is CC(=O)NC[C@H](CCCCN)NC(=O)NC[C@H](Cc1c[nH]c2ccccc12)NC(=O)NC[C@H](CCCCN)NC(=O)NC[C@@H](NC(=O)NC[C@H](Cc1c[nH]c2ccccc12)NC(=O)NC[C@H](CCCCN)NC(=O)NC[C@@H](NC(=O)NC(C)C)C(C)C)C(C)C. The number of rotatable bonds is 40. The predicted molar refractivity (Wildman–Crippen MR) is 354 cm³/mol. The fraction of sp³-hybridized carbons (Fsp3) is 0.613. The third kappa shape index (κ3) is 29.4. The van der Waals surface area contributed by atoms with Gasteiger partial charge in [0.25, 0.3) is 0 Å². The largest absolute Gasteiger partial charge is 0.361 e. The van der Waals surface area contributed by atoms with Crippen molar-refractivity contribution >= 4 is 69.9 Å². The number of H-pyrrole nitrogens is 2. The van der Waals surface area contributed by atoms with Crippen LogP contribution in [0.15, 0.2) is 60.9 Å². The normalized spacial score (nSPS) is 13.6. The number of benzene rings is 2. The molecule has 0 unspecified atom stereocenters. The second-order valence-electron chi connectivity index (χ2n) is 24.0. The van der Waals surface area contributed by atoms with Gasteiger partial charge in [-0.05, 0) is 120 Å². The molecule has 0 aliphatic heterocycles. The van der Waals surface area contributed by atoms with Gasteiger partial charge in [0, 0.05) is 111 Å². The molecule has 0 spiro atoms. The number of aromatic nitrogens is 2. The van der Waals surface area contributed by atoms with Crippen LogP contribution in [-0.4, -0.2) is 172 Å². The average Bonchev–Trinajstić information content (AvgIpc) is 2.81. The summed E-state index contributed by atoms with van der Waals surface area (Å²) in [6.07, 6.45) is 10.4. The number of urea groups is 7. The first-order valence-electron chi connectivity index (χ1n) is 31.9. The number of nitrogens with two attached hydrogens (primary N) is 3. The van der Waals surface area contributed by atoms with Gasteiger partial charge >= 0.3 is 42.2 Å². The Labute approximate surface area is 530 Å². The number of carbonyl (C=O) groups excluding carboxylic acids is 8. The summed E-state index contributed by atoms with van der Waals surface area (Å²) < 4.78 is 0. The zero-order valence-corrected chi connectivity index (χ0v) is 53.9. The van der Waals surface area contributed by atoms with E-state index in [1.165, 1.54) is 6.92 Å². The van der Waals surface area contributed by atoms with Crippen molar-refractivity contribution in [2.45, 2.75) is 167 Å². The molecule has 90 heavy (non-hydrogen) atoms. The van der Waals surface area contributed by atoms with Gasteiger partial charge in [-0.3, -0.25) is 4.79 Å². The Kier molecular flexibility index (Phi) is 33.9. The first kappa shape index (κ1) is 74.2. The minimum Gasteiger partial charge on any atom is -0.361 e. The lowest BCUT2D eigenvalue weighted by Gasteiger charge is -2.26. The van der Waals surface area contributed by atoms with Crippen LogP contribution in [0, 0.1) is 11.8 Å². The molecule has 7 atom stereocenters. The van der Waals surface area contributed by atoms with Gasteiger partial charge in [0.05, 0.1) is 24.2 Å². The first-order valence-corrected chi connectivity index (χ1v) is 31.9. The molecule has 0 radical (unpaired) electrons. The van der Waals surface area contributed by atoms with Gasteiger partial charge < -0.3 is 107 Å². The Morgan fingerprint density at radius 3 is 1.03 bits per heavy atom. The summed E-state index contributed by atoms with van der Waals surface area (Å²) in [5.41, 5.74) is 21.0. The highest BCUT2D eigenvalue weighted by Gasteiger charge is 2.25. The molecule has 0 aliphatic carbocycles. The van der Waals surface area contributed by atoms with E-state index in [2.05, 4.69) is 89.7 Å². The number of fused-ring (bicyclic) bond motifs is 2. The Morgan fingerprint density at radius 1 is 0.378 bits per heavy atom. The van der Waals surface area contributed by atoms with E-state index in [9.17, 15) is 38.4 Å². The van der Waals surface area contributed by atoms with Crippen LogP contribution >= 0.6 is 0 Å². The number of carbonyl (C=O) groups is 8. The summed E-state index contributed by atoms with van der Waals surface area (Å²) in [7, 11) is 0. The molecule has 2 aromatic carbocycles. The molecule has 0 aliphatic rings. The van der Waals surface area contributed by atoms with Gasteiger partial charge in [0.2, 0.25) is 5.91 Å². The van der Waals surface area contributed by atoms with Crippen molar-refractivity contribution < 1.29 is 38.4 Å². The minimum absolute atomic E-state index is 0.0243. The molecule has 28 heteroatoms. The summed E-state index contributed by atoms with van der Waals surface area (Å²) >= 11 is 0. The molecule has 15 amide bonds. The lowest BCUT2D eigenvalue weighted by Crippen LogP contribution is -2.56. The van der Waals surface area contributed by atoms with Crippen LogP contribution in [0.2, 0.25) is 0 Å². The second-order valence-corrected chi connectivity index (χ2v) is 24.0. The Bertz CT molecular complexity index is 2810. The van der Waals surface area contributed by atoms with Crippen molar-refractivity contribution in [3.8, 4) is 0 Å². The number of unbranched alkanes of at least 4 members (excludes halogenated alkanes) is 3. The smallest absolute Gasteiger partial charge is 0.315 e. The van der Waals surface area contributed by atoms with E-state index in [0.29, 0.717) is 71.0 Å². The fourth-order valence-electron chi connectivity index (χ4n) is 10.1. The number of aromatic amines is 2. The van der Waals surface area contributed by atoms with Crippen LogP contribution in [0.4, 0.5) is 33.6 Å². The van der Waals surface area contributed by atoms with E-state index in [1.807, 2.05) is 102 Å². The van der Waals surface area contributed by atoms with Crippen LogP contribution in [0.25, 0.3) is 21.8 Å². The van der Waals surface area contributed by atoms with Gasteiger partial charge in [0.1, 0.15) is 0 Å². The molecule has 0 saturated carbocycles. The fourth-order valence-corrected chi connectivity index (χ4v) is 10.1. The van der Waals surface area contributed by atoms with Crippen LogP contribution in [-0.2, 0) is 17.6 Å². The third-order valence-electron chi connectivity index (χ3n) is 15.2. The van der Waals surface area contributed by atoms with Crippen molar-refractivity contribution in [3.63, 3.8) is 0 Å². The van der Waals surface area contributed by atoms with E-state index >= 15 is 0 Å². The molecule has 0 saturated heterocycles. The Balaban J connectivity index is 1.36. The van der Waals surface area contributed by atoms with Crippen LogP contribution in [0.1, 0.15) is 117 Å². The zero-order valence-electron chi connectivity index (χ0n) is 53.9. The van der Waals surface area contributed by atoms with E-state index in [0.717, 1.165) is 52.2 Å². The van der Waals surface area contributed by atoms with E-state index in [1.54, 1.807) is 0 Å². The number of hydrogen-bond acceptors (Lipinski definition) is 11. The molecule has 2 heterocycles. The topological polar surface area (TPSA) is 427 Å². The van der Waals surface area contributed by atoms with Crippen molar-refractivity contribution in [2.24, 2.45) is 29.0 Å². The highest BCUT2D eigenvalue weighted by atomic mass is 16.2. The number of nitrogens with one attached hydrogen (secondary N) is 17. The molecule has 2 aromatic heterocycles. The quantitative estimate of drug-likeness (QED) is 0.0286. The van der Waals surface area contributed by atoms with Crippen molar-refractivity contribution in [1.29, 1.82) is 0 Å². The molecule has 0 bridgehead atoms. The lowest BCUT2D eigenvalue weighted by molar-refractivity contribution is -0.119. The molecule has 28 nitrogen and oxygen atoms in total. The van der Waals surface area contributed by atoms with Crippen LogP contribution < -0.4 is 97.0 Å². The molecular formula is C62H106N20O8. The average molecular weight is 1260 g/mol. The molecule has 23 N–H and O–H groups in total. The minimum atomic E-state index is -0.602. The lowest BCUT2D eigenvalue weighted by atomic mass is 10.0.